The average molecular weight is 637 g/mol. The lowest BCUT2D eigenvalue weighted by Gasteiger charge is -2.25. The van der Waals surface area contributed by atoms with Crippen LogP contribution >= 0.6 is 0 Å². The van der Waals surface area contributed by atoms with Gasteiger partial charge in [0.1, 0.15) is 17.3 Å². The van der Waals surface area contributed by atoms with Crippen LogP contribution in [0.5, 0.6) is 0 Å². The largest absolute Gasteiger partial charge is 0.456 e. The molecule has 0 radical (unpaired) electrons. The van der Waals surface area contributed by atoms with E-state index in [4.69, 9.17) is 9.41 Å². The molecule has 6 nitrogen and oxygen atoms in total. The highest BCUT2D eigenvalue weighted by Gasteiger charge is 2.20. The number of para-hydroxylation sites is 1. The number of aromatic nitrogens is 2. The van der Waals surface area contributed by atoms with Crippen LogP contribution in [-0.4, -0.2) is 14.8 Å². The zero-order chi connectivity index (χ0) is 33.1. The number of hydrogen-bond acceptors (Lipinski definition) is 4. The number of benzene rings is 6. The first kappa shape index (κ1) is 28.8. The topological polar surface area (TPSA) is 64.5 Å². The summed E-state index contributed by atoms with van der Waals surface area (Å²) in [6.07, 6.45) is 1.88. The van der Waals surface area contributed by atoms with Gasteiger partial charge in [0.05, 0.1) is 16.7 Å². The fourth-order valence-electron chi connectivity index (χ4n) is 6.97. The lowest BCUT2D eigenvalue weighted by atomic mass is 9.96. The van der Waals surface area contributed by atoms with Crippen LogP contribution in [0.15, 0.2) is 160 Å². The Balaban J connectivity index is 1.11. The summed E-state index contributed by atoms with van der Waals surface area (Å²) in [7, 11) is 3.63. The molecule has 0 bridgehead atoms. The Hall–Kier alpha value is -6.40. The third-order valence-electron chi connectivity index (χ3n) is 9.61. The molecular weight excluding hydrogens is 604 g/mol. The summed E-state index contributed by atoms with van der Waals surface area (Å²) >= 11 is 0. The third-order valence-corrected chi connectivity index (χ3v) is 9.61. The summed E-state index contributed by atoms with van der Waals surface area (Å²) in [6.45, 7) is 0. The van der Waals surface area contributed by atoms with Crippen molar-refractivity contribution in [2.45, 2.75) is 6.17 Å². The molecule has 0 fully saturated rings. The molecule has 8 aromatic rings. The molecule has 3 heterocycles. The summed E-state index contributed by atoms with van der Waals surface area (Å²) in [6, 6.07) is 48.2. The number of aryl methyl sites for hydroxylation is 2. The Morgan fingerprint density at radius 2 is 1.20 bits per heavy atom. The predicted octanol–water partition coefficient (Wildman–Crippen LogP) is 9.24. The molecule has 0 saturated carbocycles. The van der Waals surface area contributed by atoms with Crippen LogP contribution in [0.25, 0.3) is 60.9 Å². The highest BCUT2D eigenvalue weighted by molar-refractivity contribution is 6.13. The molecule has 0 saturated heterocycles. The number of rotatable bonds is 5. The van der Waals surface area contributed by atoms with Gasteiger partial charge in [-0.3, -0.25) is 14.1 Å². The highest BCUT2D eigenvalue weighted by atomic mass is 16.3. The fraction of sp³-hybridized carbons (Fsp3) is 0.0698. The van der Waals surface area contributed by atoms with Crippen molar-refractivity contribution < 1.29 is 4.42 Å². The molecule has 1 aliphatic rings. The Morgan fingerprint density at radius 3 is 2.04 bits per heavy atom. The lowest BCUT2D eigenvalue weighted by Crippen LogP contribution is -2.24. The molecule has 0 spiro atoms. The van der Waals surface area contributed by atoms with Crippen LogP contribution in [0.4, 0.5) is 0 Å². The van der Waals surface area contributed by atoms with Crippen molar-refractivity contribution in [3.63, 3.8) is 0 Å². The second-order valence-electron chi connectivity index (χ2n) is 12.6. The summed E-state index contributed by atoms with van der Waals surface area (Å²) in [5, 5.41) is 5.95. The number of hydrogen-bond donors (Lipinski definition) is 1. The maximum atomic E-state index is 12.6. The van der Waals surface area contributed by atoms with Crippen LogP contribution in [0, 0.1) is 0 Å². The molecule has 1 aliphatic heterocycles. The smallest absolute Gasteiger partial charge is 0.328 e. The predicted molar refractivity (Wildman–Crippen MR) is 200 cm³/mol. The molecule has 236 valence electrons. The van der Waals surface area contributed by atoms with Gasteiger partial charge in [-0.05, 0) is 81.9 Å². The van der Waals surface area contributed by atoms with Gasteiger partial charge in [0.25, 0.3) is 0 Å². The first-order chi connectivity index (χ1) is 24.0. The number of nitrogens with one attached hydrogen (secondary N) is 1. The van der Waals surface area contributed by atoms with Gasteiger partial charge in [0.15, 0.2) is 0 Å². The minimum atomic E-state index is -0.259. The molecule has 6 heteroatoms. The van der Waals surface area contributed by atoms with E-state index in [-0.39, 0.29) is 11.9 Å². The van der Waals surface area contributed by atoms with Crippen LogP contribution in [0.3, 0.4) is 0 Å². The number of aliphatic imine (C=N–C) groups is 1. The number of imidazole rings is 1. The quantitative estimate of drug-likeness (QED) is 0.205. The van der Waals surface area contributed by atoms with Gasteiger partial charge in [0.2, 0.25) is 0 Å². The molecule has 9 rings (SSSR count). The molecule has 0 aliphatic carbocycles. The van der Waals surface area contributed by atoms with Crippen molar-refractivity contribution >= 4 is 44.4 Å². The fourth-order valence-corrected chi connectivity index (χ4v) is 6.97. The summed E-state index contributed by atoms with van der Waals surface area (Å²) < 4.78 is 9.59. The summed E-state index contributed by atoms with van der Waals surface area (Å²) in [5.41, 5.74) is 12.9. The number of nitrogens with zero attached hydrogens (tertiary/aromatic N) is 3. The van der Waals surface area contributed by atoms with E-state index in [1.165, 1.54) is 0 Å². The van der Waals surface area contributed by atoms with Gasteiger partial charge in [0, 0.05) is 36.1 Å². The van der Waals surface area contributed by atoms with E-state index in [2.05, 4.69) is 108 Å². The second kappa shape index (κ2) is 11.4. The van der Waals surface area contributed by atoms with Crippen molar-refractivity contribution in [1.29, 1.82) is 0 Å². The highest BCUT2D eigenvalue weighted by Crippen LogP contribution is 2.34. The monoisotopic (exact) mass is 636 g/mol. The van der Waals surface area contributed by atoms with Gasteiger partial charge >= 0.3 is 5.69 Å². The Labute approximate surface area is 282 Å². The van der Waals surface area contributed by atoms with Crippen LogP contribution < -0.4 is 11.0 Å². The Morgan fingerprint density at radius 1 is 0.571 bits per heavy atom. The second-order valence-corrected chi connectivity index (χ2v) is 12.6. The first-order valence-corrected chi connectivity index (χ1v) is 16.4. The maximum absolute atomic E-state index is 12.6. The van der Waals surface area contributed by atoms with E-state index in [1.54, 1.807) is 9.13 Å². The van der Waals surface area contributed by atoms with Crippen LogP contribution in [0.1, 0.15) is 22.9 Å². The zero-order valence-electron chi connectivity index (χ0n) is 27.1. The Bertz CT molecular complexity index is 2690. The minimum absolute atomic E-state index is 0.0321. The van der Waals surface area contributed by atoms with E-state index in [0.29, 0.717) is 0 Å². The van der Waals surface area contributed by atoms with Crippen LogP contribution in [-0.2, 0) is 14.1 Å². The SMILES string of the molecule is Cn1c(=O)n(C)c2cc(-c3cccc(C4=CC(c5cccc(-c6ccc7c(c6)oc6ccccc67)c5)=NC(c5ccccc5)N4)c3)ccc21. The van der Waals surface area contributed by atoms with E-state index in [0.717, 1.165) is 83.3 Å². The van der Waals surface area contributed by atoms with Gasteiger partial charge in [-0.25, -0.2) is 4.79 Å². The normalized spacial score (nSPS) is 14.6. The summed E-state index contributed by atoms with van der Waals surface area (Å²) in [5.74, 6) is 0. The molecule has 6 aromatic carbocycles. The lowest BCUT2D eigenvalue weighted by molar-refractivity contribution is 0.664. The van der Waals surface area contributed by atoms with E-state index >= 15 is 0 Å². The van der Waals surface area contributed by atoms with E-state index in [9.17, 15) is 4.79 Å². The molecule has 49 heavy (non-hydrogen) atoms. The molecule has 0 amide bonds. The molecule has 1 unspecified atom stereocenters. The maximum Gasteiger partial charge on any atom is 0.328 e. The number of allylic oxidation sites excluding steroid dienone is 1. The minimum Gasteiger partial charge on any atom is -0.456 e. The van der Waals surface area contributed by atoms with Crippen molar-refractivity contribution in [2.75, 3.05) is 0 Å². The van der Waals surface area contributed by atoms with Gasteiger partial charge in [-0.1, -0.05) is 97.1 Å². The standard InChI is InChI=1S/C43H32N4O2/c1-46-38-21-19-30(24-39(38)47(2)43(46)48)28-12-8-14-32(22-28)36-26-37(45-42(44-36)27-10-4-3-5-11-27)33-15-9-13-29(23-33)31-18-20-35-34-16-6-7-17-40(34)49-41(35)25-31/h3-26,42,44H,1-2H3. The van der Waals surface area contributed by atoms with Crippen molar-refractivity contribution in [3.05, 3.63) is 173 Å². The summed E-state index contributed by atoms with van der Waals surface area (Å²) in [4.78, 5) is 17.8. The van der Waals surface area contributed by atoms with Gasteiger partial charge in [-0.15, -0.1) is 0 Å². The van der Waals surface area contributed by atoms with E-state index < -0.39 is 0 Å². The molecule has 2 aromatic heterocycles. The molecule has 1 N–H and O–H groups in total. The van der Waals surface area contributed by atoms with Crippen LogP contribution in [0.2, 0.25) is 0 Å². The molecular formula is C43H32N4O2. The number of fused-ring (bicyclic) bond motifs is 4. The van der Waals surface area contributed by atoms with E-state index in [1.807, 2.05) is 56.6 Å². The first-order valence-electron chi connectivity index (χ1n) is 16.4. The van der Waals surface area contributed by atoms with Crippen molar-refractivity contribution in [2.24, 2.45) is 19.1 Å². The average Bonchev–Trinajstić information content (AvgIpc) is 3.64. The number of furan rings is 1. The van der Waals surface area contributed by atoms with Crippen molar-refractivity contribution in [3.8, 4) is 22.3 Å². The Kier molecular flexibility index (Phi) is 6.69. The molecule has 1 atom stereocenters. The van der Waals surface area contributed by atoms with Crippen molar-refractivity contribution in [1.82, 2.24) is 14.5 Å². The zero-order valence-corrected chi connectivity index (χ0v) is 27.1. The van der Waals surface area contributed by atoms with Gasteiger partial charge in [-0.2, -0.15) is 0 Å². The third kappa shape index (κ3) is 4.97. The van der Waals surface area contributed by atoms with Gasteiger partial charge < -0.3 is 9.73 Å².